The maximum Gasteiger partial charge on any atom is 0.383 e. The minimum Gasteiger partial charge on any atom is -0.406 e. The maximum atomic E-state index is 13.9. The van der Waals surface area contributed by atoms with E-state index >= 15 is 0 Å². The number of aromatic nitrogens is 1. The molecule has 2 saturated heterocycles. The molecule has 2 aromatic carbocycles. The third-order valence-electron chi connectivity index (χ3n) is 9.60. The van der Waals surface area contributed by atoms with Crippen LogP contribution in [0.15, 0.2) is 64.2 Å². The summed E-state index contributed by atoms with van der Waals surface area (Å²) in [6.45, 7) is 1.72. The Labute approximate surface area is 299 Å². The van der Waals surface area contributed by atoms with Gasteiger partial charge in [-0.3, -0.25) is 13.9 Å². The van der Waals surface area contributed by atoms with Gasteiger partial charge < -0.3 is 14.1 Å². The number of carbonyl (C=O) groups excluding carboxylic acids is 1. The van der Waals surface area contributed by atoms with Gasteiger partial charge in [-0.2, -0.15) is 33.2 Å². The fourth-order valence-corrected chi connectivity index (χ4v) is 10.4. The number of oxazole rings is 1. The first-order valence-electron chi connectivity index (χ1n) is 16.7. The molecule has 3 aliphatic rings. The highest BCUT2D eigenvalue weighted by atomic mass is 32.2. The van der Waals surface area contributed by atoms with Gasteiger partial charge >= 0.3 is 21.9 Å². The van der Waals surface area contributed by atoms with Crippen LogP contribution in [0.3, 0.4) is 0 Å². The number of quaternary nitrogens is 1. The molecule has 50 heavy (non-hydrogen) atoms. The Kier molecular flexibility index (Phi) is 9.88. The maximum absolute atomic E-state index is 13.9. The summed E-state index contributed by atoms with van der Waals surface area (Å²) >= 11 is 3.48. The Hall–Kier alpha value is -3.25. The molecule has 0 saturated carbocycles. The lowest BCUT2D eigenvalue weighted by Crippen LogP contribution is -2.67. The van der Waals surface area contributed by atoms with E-state index in [9.17, 15) is 30.7 Å². The van der Waals surface area contributed by atoms with Crippen molar-refractivity contribution in [3.63, 3.8) is 0 Å². The van der Waals surface area contributed by atoms with E-state index in [-0.39, 0.29) is 48.1 Å². The normalized spacial score (nSPS) is 22.4. The average molecular weight is 762 g/mol. The van der Waals surface area contributed by atoms with Gasteiger partial charge in [0.05, 0.1) is 18.7 Å². The van der Waals surface area contributed by atoms with Crippen molar-refractivity contribution in [2.75, 3.05) is 36.9 Å². The van der Waals surface area contributed by atoms with Crippen LogP contribution in [0.5, 0.6) is 5.75 Å². The highest BCUT2D eigenvalue weighted by Crippen LogP contribution is 2.53. The number of benzene rings is 2. The second-order valence-corrected chi connectivity index (χ2v) is 18.1. The van der Waals surface area contributed by atoms with Gasteiger partial charge in [0.2, 0.25) is 11.0 Å². The Morgan fingerprint density at radius 1 is 1.02 bits per heavy atom. The highest BCUT2D eigenvalue weighted by Gasteiger charge is 2.64. The lowest BCUT2D eigenvalue weighted by atomic mass is 10.0. The molecule has 12 nitrogen and oxygen atoms in total. The summed E-state index contributed by atoms with van der Waals surface area (Å²) in [6, 6.07) is 14.7. The minimum absolute atomic E-state index is 0.0763. The lowest BCUT2D eigenvalue weighted by Gasteiger charge is -2.45. The van der Waals surface area contributed by atoms with E-state index in [0.717, 1.165) is 47.6 Å². The summed E-state index contributed by atoms with van der Waals surface area (Å²) in [5, 5.41) is 0.700. The van der Waals surface area contributed by atoms with Crippen LogP contribution >= 0.6 is 23.1 Å². The largest absolute Gasteiger partial charge is 0.406 e. The molecule has 266 valence electrons. The summed E-state index contributed by atoms with van der Waals surface area (Å²) in [5.41, 5.74) is 2.98. The molecule has 0 aliphatic carbocycles. The zero-order valence-corrected chi connectivity index (χ0v) is 30.5. The van der Waals surface area contributed by atoms with Crippen molar-refractivity contribution in [2.45, 2.75) is 50.4 Å². The van der Waals surface area contributed by atoms with Crippen LogP contribution in [0.2, 0.25) is 0 Å². The molecule has 1 amide bonds. The summed E-state index contributed by atoms with van der Waals surface area (Å²) in [5.74, 6) is 2.35. The smallest absolute Gasteiger partial charge is 0.383 e. The number of aryl methyl sites for hydroxylation is 1. The first-order valence-corrected chi connectivity index (χ1v) is 21.8. The number of nitrogens with zero attached hydrogens (tertiary/aromatic N) is 3. The van der Waals surface area contributed by atoms with E-state index in [1.54, 1.807) is 40.2 Å². The van der Waals surface area contributed by atoms with Crippen molar-refractivity contribution < 1.29 is 44.5 Å². The minimum atomic E-state index is -4.57. The molecular weight excluding hydrogens is 723 g/mol. The Morgan fingerprint density at radius 2 is 1.84 bits per heavy atom. The molecule has 16 heteroatoms. The predicted molar refractivity (Wildman–Crippen MR) is 194 cm³/mol. The topological polar surface area (TPSA) is 155 Å². The molecule has 1 spiro atoms. The number of thiophene rings is 1. The van der Waals surface area contributed by atoms with Crippen molar-refractivity contribution >= 4 is 72.1 Å². The molecule has 2 aromatic heterocycles. The summed E-state index contributed by atoms with van der Waals surface area (Å²) in [7, 11) is -8.79. The second kappa shape index (κ2) is 14.1. The van der Waals surface area contributed by atoms with Crippen LogP contribution in [0.25, 0.3) is 27.6 Å². The van der Waals surface area contributed by atoms with Crippen LogP contribution in [0, 0.1) is 0 Å². The van der Waals surface area contributed by atoms with Gasteiger partial charge in [0, 0.05) is 42.1 Å². The zero-order valence-electron chi connectivity index (χ0n) is 27.3. The van der Waals surface area contributed by atoms with Crippen LogP contribution in [0.4, 0.5) is 5.69 Å². The lowest BCUT2D eigenvalue weighted by molar-refractivity contribution is -0.677. The molecule has 7 rings (SSSR count). The molecule has 5 heterocycles. The molecule has 4 aromatic rings. The van der Waals surface area contributed by atoms with Crippen molar-refractivity contribution in [2.24, 2.45) is 0 Å². The number of hydrogen-bond donors (Lipinski definition) is 2. The van der Waals surface area contributed by atoms with Crippen LogP contribution < -0.4 is 13.8 Å². The summed E-state index contributed by atoms with van der Waals surface area (Å²) in [6.07, 6.45) is 5.79. The number of hydrogen-bond acceptors (Lipinski definition) is 9. The quantitative estimate of drug-likeness (QED) is 0.128. The molecule has 2 fully saturated rings. The zero-order chi connectivity index (χ0) is 35.1. The van der Waals surface area contributed by atoms with E-state index in [4.69, 9.17) is 9.15 Å². The van der Waals surface area contributed by atoms with Gasteiger partial charge in [0.25, 0.3) is 21.5 Å². The van der Waals surface area contributed by atoms with E-state index < -0.39 is 31.4 Å². The van der Waals surface area contributed by atoms with Crippen molar-refractivity contribution in [3.05, 3.63) is 71.2 Å². The SMILES string of the molecule is O=C(c1ccc2c(c1)[N+]1(CCC1S(=O)(=O)O)C(=Cc1oc3ccc(-c4cccs4)cc3[n+]1CCCS(=O)(=O)O)O2)N1CCCCCSCCC1. The molecule has 2 N–H and O–H groups in total. The molecule has 2 unspecified atom stereocenters. The molecule has 2 atom stereocenters. The van der Waals surface area contributed by atoms with Gasteiger partial charge in [0.1, 0.15) is 0 Å². The molecule has 0 radical (unpaired) electrons. The highest BCUT2D eigenvalue weighted by molar-refractivity contribution is 7.99. The average Bonchev–Trinajstić information content (AvgIpc) is 3.78. The number of carbonyl (C=O) groups is 1. The number of amides is 1. The van der Waals surface area contributed by atoms with Crippen molar-refractivity contribution in [1.82, 2.24) is 9.38 Å². The van der Waals surface area contributed by atoms with Gasteiger partial charge in [0.15, 0.2) is 24.1 Å². The number of ether oxygens (including phenoxy) is 1. The predicted octanol–water partition coefficient (Wildman–Crippen LogP) is 5.79. The van der Waals surface area contributed by atoms with E-state index in [1.807, 2.05) is 52.4 Å². The van der Waals surface area contributed by atoms with E-state index in [0.29, 0.717) is 41.2 Å². The number of rotatable bonds is 8. The first kappa shape index (κ1) is 35.2. The van der Waals surface area contributed by atoms with Crippen molar-refractivity contribution in [1.29, 1.82) is 0 Å². The van der Waals surface area contributed by atoms with Gasteiger partial charge in [-0.15, -0.1) is 11.3 Å². The van der Waals surface area contributed by atoms with Crippen LogP contribution in [-0.4, -0.2) is 79.0 Å². The van der Waals surface area contributed by atoms with Gasteiger partial charge in [-0.05, 0) is 72.0 Å². The Morgan fingerprint density at radius 3 is 2.58 bits per heavy atom. The van der Waals surface area contributed by atoms with E-state index in [1.165, 1.54) is 0 Å². The fourth-order valence-electron chi connectivity index (χ4n) is 7.09. The molecular formula is C34H39N3O9S4+2. The number of thioether (sulfide) groups is 1. The Balaban J connectivity index is 1.30. The van der Waals surface area contributed by atoms with Crippen LogP contribution in [0.1, 0.15) is 54.8 Å². The van der Waals surface area contributed by atoms with Crippen molar-refractivity contribution in [3.8, 4) is 16.2 Å². The number of fused-ring (bicyclic) bond motifs is 3. The first-order chi connectivity index (χ1) is 23.9. The molecule has 3 aliphatic heterocycles. The van der Waals surface area contributed by atoms with E-state index in [2.05, 4.69) is 0 Å². The summed E-state index contributed by atoms with van der Waals surface area (Å²) < 4.78 is 82.8. The summed E-state index contributed by atoms with van der Waals surface area (Å²) in [4.78, 5) is 16.8. The Bertz CT molecular complexity index is 2150. The fraction of sp³-hybridized carbons (Fsp3) is 0.412. The second-order valence-electron chi connectivity index (χ2n) is 12.8. The monoisotopic (exact) mass is 761 g/mol. The third-order valence-corrected chi connectivity index (χ3v) is 13.8. The standard InChI is InChI=1S/C34H37N3O9S4/c38-34(35-13-2-1-3-17-47-18-5-14-35)25-9-11-29-27(22-25)37(16-12-33(37)50(42,43)44)32(46-29)23-31-36(15-6-20-49(39,40)41)26-21-24(8-10-28(26)45-31)30-7-4-19-48-30/h4,7-11,19,21-23,33H,1-3,5-6,12-18,20H2/p+2. The van der Waals surface area contributed by atoms with Crippen LogP contribution in [-0.2, 0) is 26.8 Å². The third kappa shape index (κ3) is 6.98. The van der Waals surface area contributed by atoms with Gasteiger partial charge in [-0.25, -0.2) is 4.48 Å². The molecule has 0 bridgehead atoms. The van der Waals surface area contributed by atoms with Gasteiger partial charge in [-0.1, -0.05) is 12.5 Å².